The van der Waals surface area contributed by atoms with Crippen LogP contribution in [0.25, 0.3) is 0 Å². The first-order valence-corrected chi connectivity index (χ1v) is 5.80. The highest BCUT2D eigenvalue weighted by Gasteiger charge is 2.14. The molecule has 0 saturated carbocycles. The van der Waals surface area contributed by atoms with Crippen LogP contribution in [0.4, 0.5) is 4.39 Å². The minimum Gasteiger partial charge on any atom is -0.338 e. The molecule has 1 unspecified atom stereocenters. The van der Waals surface area contributed by atoms with Crippen molar-refractivity contribution in [3.8, 4) is 0 Å². The number of hydrazine groups is 1. The van der Waals surface area contributed by atoms with Gasteiger partial charge < -0.3 is 4.57 Å². The Bertz CT molecular complexity index is 536. The van der Waals surface area contributed by atoms with Gasteiger partial charge in [-0.2, -0.15) is 0 Å². The van der Waals surface area contributed by atoms with Crippen LogP contribution < -0.4 is 11.3 Å². The number of nitrogens with two attached hydrogens (primary N) is 1. The molecule has 0 bridgehead atoms. The minimum absolute atomic E-state index is 0.0783. The third-order valence-electron chi connectivity index (χ3n) is 3.09. The number of imidazole rings is 1. The average Bonchev–Trinajstić information content (AvgIpc) is 2.75. The summed E-state index contributed by atoms with van der Waals surface area (Å²) >= 11 is 0. The fourth-order valence-corrected chi connectivity index (χ4v) is 1.93. The molecule has 1 aromatic heterocycles. The molecule has 0 fully saturated rings. The Hall–Kier alpha value is -1.72. The van der Waals surface area contributed by atoms with Gasteiger partial charge in [0.05, 0.1) is 6.04 Å². The molecule has 18 heavy (non-hydrogen) atoms. The van der Waals surface area contributed by atoms with Gasteiger partial charge in [-0.1, -0.05) is 12.1 Å². The van der Waals surface area contributed by atoms with Crippen LogP contribution in [0.3, 0.4) is 0 Å². The van der Waals surface area contributed by atoms with Crippen molar-refractivity contribution in [2.75, 3.05) is 0 Å². The first kappa shape index (κ1) is 12.7. The molecule has 4 nitrogen and oxygen atoms in total. The van der Waals surface area contributed by atoms with Crippen molar-refractivity contribution in [1.29, 1.82) is 0 Å². The highest BCUT2D eigenvalue weighted by molar-refractivity contribution is 5.27. The van der Waals surface area contributed by atoms with Crippen molar-refractivity contribution in [2.45, 2.75) is 19.4 Å². The van der Waals surface area contributed by atoms with E-state index in [0.29, 0.717) is 12.0 Å². The number of rotatable bonds is 4. The van der Waals surface area contributed by atoms with Gasteiger partial charge in [-0.05, 0) is 24.1 Å². The van der Waals surface area contributed by atoms with Crippen LogP contribution >= 0.6 is 0 Å². The number of nitrogens with zero attached hydrogens (tertiary/aromatic N) is 2. The standard InChI is InChI=1S/C13H17FN4/c1-9-7-10(3-4-11(9)14)12(17-15)8-13-16-5-6-18(13)2/h3-7,12,17H,8,15H2,1-2H3. The summed E-state index contributed by atoms with van der Waals surface area (Å²) < 4.78 is 15.2. The van der Waals surface area contributed by atoms with Gasteiger partial charge in [-0.25, -0.2) is 9.37 Å². The number of hydrogen-bond donors (Lipinski definition) is 2. The Morgan fingerprint density at radius 1 is 1.50 bits per heavy atom. The van der Waals surface area contributed by atoms with Gasteiger partial charge in [-0.3, -0.25) is 11.3 Å². The maximum Gasteiger partial charge on any atom is 0.126 e. The predicted molar refractivity (Wildman–Crippen MR) is 68.1 cm³/mol. The number of hydrogen-bond acceptors (Lipinski definition) is 3. The summed E-state index contributed by atoms with van der Waals surface area (Å²) in [6.07, 6.45) is 4.29. The molecule has 2 aromatic rings. The lowest BCUT2D eigenvalue weighted by Gasteiger charge is -2.16. The Morgan fingerprint density at radius 2 is 2.28 bits per heavy atom. The Kier molecular flexibility index (Phi) is 3.74. The molecular formula is C13H17FN4. The lowest BCUT2D eigenvalue weighted by Crippen LogP contribution is -2.30. The topological polar surface area (TPSA) is 55.9 Å². The molecule has 0 aliphatic carbocycles. The van der Waals surface area contributed by atoms with Gasteiger partial charge in [0.1, 0.15) is 11.6 Å². The van der Waals surface area contributed by atoms with Gasteiger partial charge in [0, 0.05) is 25.9 Å². The van der Waals surface area contributed by atoms with E-state index < -0.39 is 0 Å². The molecule has 5 heteroatoms. The lowest BCUT2D eigenvalue weighted by atomic mass is 10.0. The summed E-state index contributed by atoms with van der Waals surface area (Å²) in [5.74, 6) is 6.31. The number of nitrogens with one attached hydrogen (secondary N) is 1. The van der Waals surface area contributed by atoms with E-state index in [4.69, 9.17) is 5.84 Å². The summed E-state index contributed by atoms with van der Waals surface area (Å²) in [5, 5.41) is 0. The van der Waals surface area contributed by atoms with Gasteiger partial charge in [0.15, 0.2) is 0 Å². The van der Waals surface area contributed by atoms with Crippen molar-refractivity contribution in [2.24, 2.45) is 12.9 Å². The zero-order valence-electron chi connectivity index (χ0n) is 10.5. The molecule has 1 aromatic carbocycles. The molecule has 0 aliphatic heterocycles. The van der Waals surface area contributed by atoms with E-state index >= 15 is 0 Å². The van der Waals surface area contributed by atoms with Crippen LogP contribution in [0.15, 0.2) is 30.6 Å². The van der Waals surface area contributed by atoms with Crippen molar-refractivity contribution < 1.29 is 4.39 Å². The Labute approximate surface area is 106 Å². The summed E-state index contributed by atoms with van der Waals surface area (Å²) in [4.78, 5) is 4.26. The monoisotopic (exact) mass is 248 g/mol. The number of halogens is 1. The van der Waals surface area contributed by atoms with E-state index in [1.54, 1.807) is 19.2 Å². The average molecular weight is 248 g/mol. The van der Waals surface area contributed by atoms with Crippen LogP contribution in [-0.4, -0.2) is 9.55 Å². The second-order valence-electron chi connectivity index (χ2n) is 4.39. The molecule has 0 saturated heterocycles. The molecule has 3 N–H and O–H groups in total. The summed E-state index contributed by atoms with van der Waals surface area (Å²) in [6.45, 7) is 1.74. The fraction of sp³-hybridized carbons (Fsp3) is 0.308. The molecular weight excluding hydrogens is 231 g/mol. The van der Waals surface area contributed by atoms with Gasteiger partial charge >= 0.3 is 0 Å². The van der Waals surface area contributed by atoms with Gasteiger partial charge in [0.25, 0.3) is 0 Å². The second kappa shape index (κ2) is 5.29. The molecule has 1 atom stereocenters. The van der Waals surface area contributed by atoms with E-state index in [1.165, 1.54) is 6.07 Å². The highest BCUT2D eigenvalue weighted by Crippen LogP contribution is 2.19. The minimum atomic E-state index is -0.202. The van der Waals surface area contributed by atoms with Crippen molar-refractivity contribution in [1.82, 2.24) is 15.0 Å². The van der Waals surface area contributed by atoms with E-state index in [1.807, 2.05) is 23.9 Å². The van der Waals surface area contributed by atoms with Gasteiger partial charge in [0.2, 0.25) is 0 Å². The maximum atomic E-state index is 13.2. The largest absolute Gasteiger partial charge is 0.338 e. The van der Waals surface area contributed by atoms with E-state index in [9.17, 15) is 4.39 Å². The van der Waals surface area contributed by atoms with Crippen molar-refractivity contribution >= 4 is 0 Å². The smallest absolute Gasteiger partial charge is 0.126 e. The Morgan fingerprint density at radius 3 is 2.83 bits per heavy atom. The molecule has 0 radical (unpaired) electrons. The zero-order valence-corrected chi connectivity index (χ0v) is 10.5. The van der Waals surface area contributed by atoms with Crippen molar-refractivity contribution in [3.05, 3.63) is 53.4 Å². The molecule has 0 spiro atoms. The lowest BCUT2D eigenvalue weighted by molar-refractivity contribution is 0.527. The van der Waals surface area contributed by atoms with Crippen molar-refractivity contribution in [3.63, 3.8) is 0 Å². The van der Waals surface area contributed by atoms with E-state index in [-0.39, 0.29) is 11.9 Å². The van der Waals surface area contributed by atoms with E-state index in [0.717, 1.165) is 11.4 Å². The predicted octanol–water partition coefficient (Wildman–Crippen LogP) is 1.61. The van der Waals surface area contributed by atoms with Crippen LogP contribution in [0.2, 0.25) is 0 Å². The summed E-state index contributed by atoms with van der Waals surface area (Å²) in [6, 6.07) is 4.94. The Balaban J connectivity index is 2.23. The molecule has 1 heterocycles. The molecule has 2 rings (SSSR count). The molecule has 96 valence electrons. The van der Waals surface area contributed by atoms with Crippen LogP contribution in [-0.2, 0) is 13.5 Å². The SMILES string of the molecule is Cc1cc(C(Cc2nccn2C)NN)ccc1F. The molecule has 0 aliphatic rings. The third-order valence-corrected chi connectivity index (χ3v) is 3.09. The summed E-state index contributed by atoms with van der Waals surface area (Å²) in [5.41, 5.74) is 4.33. The second-order valence-corrected chi connectivity index (χ2v) is 4.39. The first-order chi connectivity index (χ1) is 8.61. The first-order valence-electron chi connectivity index (χ1n) is 5.80. The van der Waals surface area contributed by atoms with Crippen LogP contribution in [0.1, 0.15) is 23.0 Å². The van der Waals surface area contributed by atoms with Gasteiger partial charge in [-0.15, -0.1) is 0 Å². The number of benzene rings is 1. The zero-order chi connectivity index (χ0) is 13.1. The fourth-order valence-electron chi connectivity index (χ4n) is 1.93. The quantitative estimate of drug-likeness (QED) is 0.638. The highest BCUT2D eigenvalue weighted by atomic mass is 19.1. The number of aromatic nitrogens is 2. The van der Waals surface area contributed by atoms with E-state index in [2.05, 4.69) is 10.4 Å². The van der Waals surface area contributed by atoms with Crippen LogP contribution in [0.5, 0.6) is 0 Å². The number of aryl methyl sites for hydroxylation is 2. The maximum absolute atomic E-state index is 13.2. The third kappa shape index (κ3) is 2.57. The molecule has 0 amide bonds. The summed E-state index contributed by atoms with van der Waals surface area (Å²) in [7, 11) is 1.94. The van der Waals surface area contributed by atoms with Crippen LogP contribution in [0, 0.1) is 12.7 Å². The normalized spacial score (nSPS) is 12.7.